The highest BCUT2D eigenvalue weighted by Crippen LogP contribution is 2.32. The Bertz CT molecular complexity index is 473. The maximum absolute atomic E-state index is 13.9. The van der Waals surface area contributed by atoms with Crippen LogP contribution in [0.15, 0.2) is 16.6 Å². The van der Waals surface area contributed by atoms with Crippen molar-refractivity contribution in [3.8, 4) is 0 Å². The van der Waals surface area contributed by atoms with E-state index >= 15 is 0 Å². The van der Waals surface area contributed by atoms with E-state index in [1.54, 1.807) is 0 Å². The molecule has 1 aromatic rings. The highest BCUT2D eigenvalue weighted by molar-refractivity contribution is 9.10. The Morgan fingerprint density at radius 1 is 1.35 bits per heavy atom. The first-order valence-electron chi connectivity index (χ1n) is 6.96. The summed E-state index contributed by atoms with van der Waals surface area (Å²) in [4.78, 5) is 0. The average molecular weight is 348 g/mol. The first kappa shape index (κ1) is 15.9. The monoisotopic (exact) mass is 347 g/mol. The third kappa shape index (κ3) is 3.38. The van der Waals surface area contributed by atoms with Gasteiger partial charge in [0.25, 0.3) is 0 Å². The Kier molecular flexibility index (Phi) is 5.15. The van der Waals surface area contributed by atoms with Crippen LogP contribution < -0.4 is 5.32 Å². The predicted octanol–water partition coefficient (Wildman–Crippen LogP) is 3.76. The third-order valence-electron chi connectivity index (χ3n) is 4.31. The summed E-state index contributed by atoms with van der Waals surface area (Å²) in [6, 6.07) is 2.61. The van der Waals surface area contributed by atoms with Crippen molar-refractivity contribution in [2.45, 2.75) is 44.7 Å². The van der Waals surface area contributed by atoms with Gasteiger partial charge >= 0.3 is 0 Å². The van der Waals surface area contributed by atoms with E-state index in [-0.39, 0.29) is 23.2 Å². The first-order chi connectivity index (χ1) is 9.47. The van der Waals surface area contributed by atoms with Crippen LogP contribution in [-0.4, -0.2) is 17.3 Å². The number of aliphatic hydroxyl groups excluding tert-OH is 1. The number of benzene rings is 1. The van der Waals surface area contributed by atoms with Crippen LogP contribution in [0.4, 0.5) is 8.78 Å². The molecule has 0 bridgehead atoms. The zero-order chi connectivity index (χ0) is 14.8. The number of rotatable bonds is 4. The van der Waals surface area contributed by atoms with Gasteiger partial charge in [0.15, 0.2) is 0 Å². The molecule has 0 saturated heterocycles. The highest BCUT2D eigenvalue weighted by Gasteiger charge is 2.33. The van der Waals surface area contributed by atoms with Crippen molar-refractivity contribution in [2.75, 3.05) is 6.61 Å². The summed E-state index contributed by atoms with van der Waals surface area (Å²) in [5.41, 5.74) is -0.390. The number of halogens is 3. The number of nitrogens with one attached hydrogen (secondary N) is 1. The van der Waals surface area contributed by atoms with Crippen LogP contribution in [0.1, 0.15) is 38.2 Å². The van der Waals surface area contributed by atoms with Gasteiger partial charge in [-0.3, -0.25) is 0 Å². The molecule has 1 aromatic carbocycles. The average Bonchev–Trinajstić information content (AvgIpc) is 2.45. The lowest BCUT2D eigenvalue weighted by Gasteiger charge is -2.39. The first-order valence-corrected chi connectivity index (χ1v) is 7.75. The highest BCUT2D eigenvalue weighted by atomic mass is 79.9. The molecule has 0 radical (unpaired) electrons. The fourth-order valence-electron chi connectivity index (χ4n) is 2.71. The summed E-state index contributed by atoms with van der Waals surface area (Å²) in [6.45, 7) is 2.28. The van der Waals surface area contributed by atoms with E-state index in [0.717, 1.165) is 25.7 Å². The van der Waals surface area contributed by atoms with Crippen molar-refractivity contribution in [3.63, 3.8) is 0 Å². The fourth-order valence-corrected chi connectivity index (χ4v) is 3.08. The van der Waals surface area contributed by atoms with Crippen LogP contribution in [0.2, 0.25) is 0 Å². The lowest BCUT2D eigenvalue weighted by molar-refractivity contribution is 0.103. The quantitative estimate of drug-likeness (QED) is 0.812. The third-order valence-corrected chi connectivity index (χ3v) is 4.93. The molecule has 0 aromatic heterocycles. The van der Waals surface area contributed by atoms with Gasteiger partial charge in [-0.1, -0.05) is 6.92 Å². The molecule has 1 fully saturated rings. The van der Waals surface area contributed by atoms with Crippen LogP contribution >= 0.6 is 15.9 Å². The molecule has 2 N–H and O–H groups in total. The Balaban J connectivity index is 2.09. The van der Waals surface area contributed by atoms with Gasteiger partial charge in [-0.2, -0.15) is 0 Å². The summed E-state index contributed by atoms with van der Waals surface area (Å²) < 4.78 is 27.9. The lowest BCUT2D eigenvalue weighted by Crippen LogP contribution is -2.50. The maximum atomic E-state index is 13.9. The van der Waals surface area contributed by atoms with E-state index in [1.165, 1.54) is 12.1 Å². The molecule has 5 heteroatoms. The van der Waals surface area contributed by atoms with Crippen molar-refractivity contribution in [1.29, 1.82) is 0 Å². The standard InChI is InChI=1S/C15H20BrF2NO/c1-10-4-6-15(9-20,7-5-10)19-8-11-13(17)3-2-12(16)14(11)18/h2-3,10,19-20H,4-9H2,1H3. The Morgan fingerprint density at radius 2 is 2.00 bits per heavy atom. The van der Waals surface area contributed by atoms with Gasteiger partial charge in [0, 0.05) is 17.6 Å². The summed E-state index contributed by atoms with van der Waals surface area (Å²) in [6.07, 6.45) is 3.72. The number of hydrogen-bond acceptors (Lipinski definition) is 2. The zero-order valence-corrected chi connectivity index (χ0v) is 13.1. The normalized spacial score (nSPS) is 26.8. The minimum absolute atomic E-state index is 0.00301. The van der Waals surface area contributed by atoms with E-state index in [0.29, 0.717) is 5.92 Å². The smallest absolute Gasteiger partial charge is 0.144 e. The van der Waals surface area contributed by atoms with Gasteiger partial charge in [0.1, 0.15) is 11.6 Å². The molecule has 0 heterocycles. The second-order valence-electron chi connectivity index (χ2n) is 5.80. The minimum Gasteiger partial charge on any atom is -0.394 e. The summed E-state index contributed by atoms with van der Waals surface area (Å²) in [7, 11) is 0. The molecule has 1 aliphatic carbocycles. The van der Waals surface area contributed by atoms with E-state index in [2.05, 4.69) is 28.2 Å². The minimum atomic E-state index is -0.574. The zero-order valence-electron chi connectivity index (χ0n) is 11.6. The Morgan fingerprint density at radius 3 is 2.60 bits per heavy atom. The van der Waals surface area contributed by atoms with Crippen LogP contribution in [0.25, 0.3) is 0 Å². The molecule has 1 saturated carbocycles. The van der Waals surface area contributed by atoms with Gasteiger partial charge in [0.05, 0.1) is 11.1 Å². The molecule has 2 rings (SSSR count). The van der Waals surface area contributed by atoms with Crippen LogP contribution in [0.3, 0.4) is 0 Å². The molecule has 0 unspecified atom stereocenters. The molecule has 1 aliphatic rings. The molecule has 0 aliphatic heterocycles. The van der Waals surface area contributed by atoms with Crippen LogP contribution in [0, 0.1) is 17.6 Å². The van der Waals surface area contributed by atoms with Gasteiger partial charge in [-0.15, -0.1) is 0 Å². The second kappa shape index (κ2) is 6.50. The summed E-state index contributed by atoms with van der Waals surface area (Å²) in [5, 5.41) is 12.8. The van der Waals surface area contributed by atoms with Gasteiger partial charge in [-0.25, -0.2) is 8.78 Å². The largest absolute Gasteiger partial charge is 0.394 e. The van der Waals surface area contributed by atoms with E-state index in [1.807, 2.05) is 0 Å². The van der Waals surface area contributed by atoms with Crippen molar-refractivity contribution < 1.29 is 13.9 Å². The molecule has 0 amide bonds. The van der Waals surface area contributed by atoms with Gasteiger partial charge < -0.3 is 10.4 Å². The van der Waals surface area contributed by atoms with E-state index < -0.39 is 17.2 Å². The summed E-state index contributed by atoms with van der Waals surface area (Å²) >= 11 is 3.07. The molecule has 0 atom stereocenters. The molecular formula is C15H20BrF2NO. The lowest BCUT2D eigenvalue weighted by atomic mass is 9.77. The second-order valence-corrected chi connectivity index (χ2v) is 6.65. The van der Waals surface area contributed by atoms with Gasteiger partial charge in [0.2, 0.25) is 0 Å². The number of aliphatic hydroxyl groups is 1. The Hall–Kier alpha value is -0.520. The van der Waals surface area contributed by atoms with Crippen molar-refractivity contribution in [1.82, 2.24) is 5.32 Å². The number of hydrogen-bond donors (Lipinski definition) is 2. The predicted molar refractivity (Wildman–Crippen MR) is 78.3 cm³/mol. The topological polar surface area (TPSA) is 32.3 Å². The molecule has 0 spiro atoms. The maximum Gasteiger partial charge on any atom is 0.144 e. The van der Waals surface area contributed by atoms with Crippen molar-refractivity contribution >= 4 is 15.9 Å². The van der Waals surface area contributed by atoms with Crippen molar-refractivity contribution in [3.05, 3.63) is 33.8 Å². The van der Waals surface area contributed by atoms with Gasteiger partial charge in [-0.05, 0) is 59.7 Å². The van der Waals surface area contributed by atoms with Crippen LogP contribution in [0.5, 0.6) is 0 Å². The van der Waals surface area contributed by atoms with E-state index in [9.17, 15) is 13.9 Å². The Labute approximate surface area is 126 Å². The molecule has 2 nitrogen and oxygen atoms in total. The molecule has 112 valence electrons. The van der Waals surface area contributed by atoms with Crippen LogP contribution in [-0.2, 0) is 6.54 Å². The SMILES string of the molecule is CC1CCC(CO)(NCc2c(F)ccc(Br)c2F)CC1. The van der Waals surface area contributed by atoms with Crippen molar-refractivity contribution in [2.24, 2.45) is 5.92 Å². The summed E-state index contributed by atoms with van der Waals surface area (Å²) in [5.74, 6) is -0.485. The van der Waals surface area contributed by atoms with E-state index in [4.69, 9.17) is 0 Å². The fraction of sp³-hybridized carbons (Fsp3) is 0.600. The molecular weight excluding hydrogens is 328 g/mol. The molecule has 20 heavy (non-hydrogen) atoms.